The summed E-state index contributed by atoms with van der Waals surface area (Å²) in [6.45, 7) is 1.31. The monoisotopic (exact) mass is 324 g/mol. The molecule has 3 rings (SSSR count). The van der Waals surface area contributed by atoms with E-state index >= 15 is 0 Å². The smallest absolute Gasteiger partial charge is 0.145 e. The summed E-state index contributed by atoms with van der Waals surface area (Å²) >= 11 is 0. The second kappa shape index (κ2) is 8.44. The molecule has 0 atom stereocenters. The molecule has 3 heteroatoms. The van der Waals surface area contributed by atoms with Gasteiger partial charge in [0, 0.05) is 0 Å². The fourth-order valence-corrected chi connectivity index (χ4v) is 2.82. The lowest BCUT2D eigenvalue weighted by Crippen LogP contribution is -2.10. The Morgan fingerprint density at radius 1 is 1.04 bits per heavy atom. The summed E-state index contributed by atoms with van der Waals surface area (Å²) in [5.74, 6) is 2.79. The largest absolute Gasteiger partial charge is 0.497 e. The maximum absolute atomic E-state index is 5.99. The zero-order valence-electron chi connectivity index (χ0n) is 14.2. The topological polar surface area (TPSA) is 27.7 Å². The van der Waals surface area contributed by atoms with Crippen molar-refractivity contribution in [3.63, 3.8) is 0 Å². The van der Waals surface area contributed by atoms with Crippen molar-refractivity contribution in [1.29, 1.82) is 0 Å². The van der Waals surface area contributed by atoms with Crippen LogP contribution in [-0.2, 0) is 17.6 Å². The molecule has 0 aliphatic carbocycles. The molecule has 1 aliphatic heterocycles. The van der Waals surface area contributed by atoms with Crippen LogP contribution in [0.3, 0.4) is 0 Å². The Balaban J connectivity index is 1.61. The zero-order valence-corrected chi connectivity index (χ0v) is 14.2. The molecule has 1 heterocycles. The Morgan fingerprint density at radius 2 is 1.96 bits per heavy atom. The van der Waals surface area contributed by atoms with Gasteiger partial charge in [-0.15, -0.1) is 0 Å². The van der Waals surface area contributed by atoms with Crippen LogP contribution in [-0.4, -0.2) is 20.3 Å². The second-order valence-electron chi connectivity index (χ2n) is 5.91. The molecule has 126 valence electrons. The van der Waals surface area contributed by atoms with E-state index in [-0.39, 0.29) is 0 Å². The molecule has 3 nitrogen and oxygen atoms in total. The minimum absolute atomic E-state index is 0.510. The van der Waals surface area contributed by atoms with Gasteiger partial charge < -0.3 is 14.2 Å². The van der Waals surface area contributed by atoms with Crippen LogP contribution in [0.2, 0.25) is 0 Å². The molecule has 0 spiro atoms. The fraction of sp³-hybridized carbons (Fsp3) is 0.333. The van der Waals surface area contributed by atoms with Gasteiger partial charge >= 0.3 is 0 Å². The van der Waals surface area contributed by atoms with Gasteiger partial charge in [0.25, 0.3) is 0 Å². The Morgan fingerprint density at radius 3 is 2.79 bits per heavy atom. The number of ether oxygens (including phenoxy) is 3. The molecule has 24 heavy (non-hydrogen) atoms. The lowest BCUT2D eigenvalue weighted by atomic mass is 10.0. The highest BCUT2D eigenvalue weighted by molar-refractivity contribution is 5.35. The third-order valence-corrected chi connectivity index (χ3v) is 4.17. The summed E-state index contributed by atoms with van der Waals surface area (Å²) in [6, 6.07) is 16.5. The van der Waals surface area contributed by atoms with E-state index in [2.05, 4.69) is 30.3 Å². The molecule has 1 aliphatic rings. The average molecular weight is 324 g/mol. The summed E-state index contributed by atoms with van der Waals surface area (Å²) in [5.41, 5.74) is 2.49. The van der Waals surface area contributed by atoms with Gasteiger partial charge in [-0.3, -0.25) is 0 Å². The molecular formula is C21H24O3. The molecule has 0 amide bonds. The Kier molecular flexibility index (Phi) is 5.78. The van der Waals surface area contributed by atoms with E-state index in [1.54, 1.807) is 7.11 Å². The SMILES string of the molecule is COc1cccc(CCc2ccccc2OCC2=CCCCO2)c1. The first kappa shape index (κ1) is 16.4. The highest BCUT2D eigenvalue weighted by Gasteiger charge is 2.08. The van der Waals surface area contributed by atoms with Gasteiger partial charge in [0.2, 0.25) is 0 Å². The van der Waals surface area contributed by atoms with E-state index in [1.165, 1.54) is 11.1 Å². The predicted octanol–water partition coefficient (Wildman–Crippen LogP) is 4.55. The number of hydrogen-bond acceptors (Lipinski definition) is 3. The minimum atomic E-state index is 0.510. The Hall–Kier alpha value is -2.42. The second-order valence-corrected chi connectivity index (χ2v) is 5.91. The van der Waals surface area contributed by atoms with E-state index in [0.717, 1.165) is 49.5 Å². The maximum Gasteiger partial charge on any atom is 0.145 e. The Labute approximate surface area is 143 Å². The van der Waals surface area contributed by atoms with Crippen LogP contribution in [0.1, 0.15) is 24.0 Å². The van der Waals surface area contributed by atoms with Gasteiger partial charge in [0.15, 0.2) is 0 Å². The first-order chi connectivity index (χ1) is 11.8. The van der Waals surface area contributed by atoms with Gasteiger partial charge in [-0.25, -0.2) is 0 Å². The first-order valence-corrected chi connectivity index (χ1v) is 8.50. The third-order valence-electron chi connectivity index (χ3n) is 4.17. The summed E-state index contributed by atoms with van der Waals surface area (Å²) in [4.78, 5) is 0. The lowest BCUT2D eigenvalue weighted by molar-refractivity contribution is 0.153. The molecule has 2 aromatic carbocycles. The number of benzene rings is 2. The summed E-state index contributed by atoms with van der Waals surface area (Å²) in [5, 5.41) is 0. The van der Waals surface area contributed by atoms with Crippen LogP contribution < -0.4 is 9.47 Å². The molecule has 0 radical (unpaired) electrons. The van der Waals surface area contributed by atoms with Crippen LogP contribution in [0.5, 0.6) is 11.5 Å². The van der Waals surface area contributed by atoms with Crippen LogP contribution in [0.15, 0.2) is 60.4 Å². The predicted molar refractivity (Wildman–Crippen MR) is 95.6 cm³/mol. The van der Waals surface area contributed by atoms with Gasteiger partial charge in [-0.1, -0.05) is 30.3 Å². The van der Waals surface area contributed by atoms with Crippen molar-refractivity contribution < 1.29 is 14.2 Å². The average Bonchev–Trinajstić information content (AvgIpc) is 2.66. The van der Waals surface area contributed by atoms with Crippen molar-refractivity contribution in [2.75, 3.05) is 20.3 Å². The van der Waals surface area contributed by atoms with Crippen LogP contribution in [0, 0.1) is 0 Å². The zero-order chi connectivity index (χ0) is 16.6. The van der Waals surface area contributed by atoms with Crippen molar-refractivity contribution >= 4 is 0 Å². The molecule has 0 saturated heterocycles. The Bertz CT molecular complexity index is 691. The van der Waals surface area contributed by atoms with E-state index in [1.807, 2.05) is 24.3 Å². The number of para-hydroxylation sites is 1. The normalized spacial score (nSPS) is 13.8. The van der Waals surface area contributed by atoms with Gasteiger partial charge in [0.1, 0.15) is 23.9 Å². The summed E-state index contributed by atoms with van der Waals surface area (Å²) < 4.78 is 16.9. The molecule has 0 unspecified atom stereocenters. The number of methoxy groups -OCH3 is 1. The van der Waals surface area contributed by atoms with Crippen molar-refractivity contribution in [3.05, 3.63) is 71.5 Å². The van der Waals surface area contributed by atoms with E-state index in [9.17, 15) is 0 Å². The molecule has 2 aromatic rings. The number of allylic oxidation sites excluding steroid dienone is 1. The van der Waals surface area contributed by atoms with Gasteiger partial charge in [-0.05, 0) is 61.1 Å². The minimum Gasteiger partial charge on any atom is -0.497 e. The highest BCUT2D eigenvalue weighted by atomic mass is 16.5. The van der Waals surface area contributed by atoms with Crippen LogP contribution in [0.4, 0.5) is 0 Å². The van der Waals surface area contributed by atoms with Crippen molar-refractivity contribution in [3.8, 4) is 11.5 Å². The summed E-state index contributed by atoms with van der Waals surface area (Å²) in [6.07, 6.45) is 6.19. The van der Waals surface area contributed by atoms with Crippen molar-refractivity contribution in [2.45, 2.75) is 25.7 Å². The van der Waals surface area contributed by atoms with Crippen molar-refractivity contribution in [1.82, 2.24) is 0 Å². The highest BCUT2D eigenvalue weighted by Crippen LogP contribution is 2.22. The molecule has 0 N–H and O–H groups in total. The molecule has 0 fully saturated rings. The van der Waals surface area contributed by atoms with E-state index < -0.39 is 0 Å². The van der Waals surface area contributed by atoms with E-state index in [4.69, 9.17) is 14.2 Å². The van der Waals surface area contributed by atoms with E-state index in [0.29, 0.717) is 6.61 Å². The van der Waals surface area contributed by atoms with Gasteiger partial charge in [-0.2, -0.15) is 0 Å². The quantitative estimate of drug-likeness (QED) is 0.747. The number of aryl methyl sites for hydroxylation is 2. The number of rotatable bonds is 7. The molecule has 0 aromatic heterocycles. The van der Waals surface area contributed by atoms with Gasteiger partial charge in [0.05, 0.1) is 13.7 Å². The fourth-order valence-electron chi connectivity index (χ4n) is 2.82. The lowest BCUT2D eigenvalue weighted by Gasteiger charge is -2.17. The molecular weight excluding hydrogens is 300 g/mol. The molecule has 0 saturated carbocycles. The van der Waals surface area contributed by atoms with Crippen LogP contribution >= 0.6 is 0 Å². The first-order valence-electron chi connectivity index (χ1n) is 8.50. The van der Waals surface area contributed by atoms with Crippen LogP contribution in [0.25, 0.3) is 0 Å². The third kappa shape index (κ3) is 4.54. The maximum atomic E-state index is 5.99. The van der Waals surface area contributed by atoms with Crippen molar-refractivity contribution in [2.24, 2.45) is 0 Å². The summed E-state index contributed by atoms with van der Waals surface area (Å²) in [7, 11) is 1.70. The number of hydrogen-bond donors (Lipinski definition) is 0. The molecule has 0 bridgehead atoms. The standard InChI is InChI=1S/C21H24O3/c1-22-19-10-6-7-17(15-19)12-13-18-8-2-3-11-21(18)24-16-20-9-4-5-14-23-20/h2-3,6-11,15H,4-5,12-14,16H2,1H3.